The molecule has 104 valence electrons. The maximum Gasteiger partial charge on any atom is 0.116 e. The largest absolute Gasteiger partial charge is 0.488 e. The number of allylic oxidation sites excluding steroid dienone is 4. The second kappa shape index (κ2) is 5.74. The summed E-state index contributed by atoms with van der Waals surface area (Å²) in [4.78, 5) is 0. The predicted octanol–water partition coefficient (Wildman–Crippen LogP) is 3.33. The van der Waals surface area contributed by atoms with Gasteiger partial charge >= 0.3 is 0 Å². The van der Waals surface area contributed by atoms with Crippen LogP contribution < -0.4 is 5.73 Å². The van der Waals surface area contributed by atoms with E-state index >= 15 is 0 Å². The standard InChI is InChI=1S/C16H24N2O/c1-3-5-15(18)13-8-12(11-17)9-14(10-13)19-16(4-2)6-7-16/h3,5,9-10,12,18H,4,6-8,11,17H2,1-2H3/b5-3+,18-15?. The summed E-state index contributed by atoms with van der Waals surface area (Å²) >= 11 is 0. The van der Waals surface area contributed by atoms with Crippen molar-refractivity contribution in [1.82, 2.24) is 0 Å². The smallest absolute Gasteiger partial charge is 0.116 e. The van der Waals surface area contributed by atoms with Crippen molar-refractivity contribution in [2.24, 2.45) is 11.7 Å². The third kappa shape index (κ3) is 3.35. The van der Waals surface area contributed by atoms with Crippen LogP contribution in [0.3, 0.4) is 0 Å². The zero-order valence-electron chi connectivity index (χ0n) is 11.9. The normalized spacial score (nSPS) is 24.9. The molecule has 2 aliphatic carbocycles. The lowest BCUT2D eigenvalue weighted by Gasteiger charge is -2.24. The fraction of sp³-hybridized carbons (Fsp3) is 0.562. The molecule has 0 bridgehead atoms. The van der Waals surface area contributed by atoms with Crippen molar-refractivity contribution in [2.45, 2.75) is 45.1 Å². The first-order valence-corrected chi connectivity index (χ1v) is 7.15. The highest BCUT2D eigenvalue weighted by Gasteiger charge is 2.44. The zero-order chi connectivity index (χ0) is 13.9. The van der Waals surface area contributed by atoms with Gasteiger partial charge in [-0.2, -0.15) is 0 Å². The van der Waals surface area contributed by atoms with Crippen molar-refractivity contribution in [3.63, 3.8) is 0 Å². The molecular weight excluding hydrogens is 236 g/mol. The quantitative estimate of drug-likeness (QED) is 0.720. The molecule has 0 radical (unpaired) electrons. The Hall–Kier alpha value is -1.35. The molecule has 0 amide bonds. The van der Waals surface area contributed by atoms with Gasteiger partial charge in [0.05, 0.1) is 5.71 Å². The third-order valence-corrected chi connectivity index (χ3v) is 3.97. The monoisotopic (exact) mass is 260 g/mol. The highest BCUT2D eigenvalue weighted by Crippen LogP contribution is 2.45. The maximum atomic E-state index is 8.05. The highest BCUT2D eigenvalue weighted by atomic mass is 16.5. The SMILES string of the molecule is C/C=C/C(=N)C1=CC(OC2(CC)CC2)=CC(CN)C1. The summed E-state index contributed by atoms with van der Waals surface area (Å²) in [5, 5.41) is 8.05. The van der Waals surface area contributed by atoms with E-state index in [1.807, 2.05) is 25.2 Å². The maximum absolute atomic E-state index is 8.05. The molecule has 1 unspecified atom stereocenters. The number of hydrogen-bond donors (Lipinski definition) is 2. The van der Waals surface area contributed by atoms with E-state index in [1.54, 1.807) is 0 Å². The third-order valence-electron chi connectivity index (χ3n) is 3.97. The highest BCUT2D eigenvalue weighted by molar-refractivity contribution is 6.06. The van der Waals surface area contributed by atoms with Crippen LogP contribution in [0.2, 0.25) is 0 Å². The molecule has 0 aromatic carbocycles. The summed E-state index contributed by atoms with van der Waals surface area (Å²) in [6.07, 6.45) is 12.0. The summed E-state index contributed by atoms with van der Waals surface area (Å²) in [7, 11) is 0. The minimum atomic E-state index is 0.0622. The van der Waals surface area contributed by atoms with Crippen LogP contribution in [0.15, 0.2) is 35.6 Å². The van der Waals surface area contributed by atoms with Crippen LogP contribution in [0.25, 0.3) is 0 Å². The number of nitrogens with two attached hydrogens (primary N) is 1. The average Bonchev–Trinajstić information content (AvgIpc) is 3.19. The van der Waals surface area contributed by atoms with Gasteiger partial charge < -0.3 is 15.9 Å². The van der Waals surface area contributed by atoms with Crippen molar-refractivity contribution in [3.8, 4) is 0 Å². The van der Waals surface area contributed by atoms with Gasteiger partial charge in [0.1, 0.15) is 11.4 Å². The molecule has 0 aliphatic heterocycles. The summed E-state index contributed by atoms with van der Waals surface area (Å²) in [5.74, 6) is 1.19. The molecule has 1 atom stereocenters. The fourth-order valence-electron chi connectivity index (χ4n) is 2.45. The van der Waals surface area contributed by atoms with Gasteiger partial charge in [-0.1, -0.05) is 13.0 Å². The van der Waals surface area contributed by atoms with E-state index in [4.69, 9.17) is 15.9 Å². The second-order valence-corrected chi connectivity index (χ2v) is 5.49. The molecule has 1 fully saturated rings. The Morgan fingerprint density at radius 1 is 1.58 bits per heavy atom. The average molecular weight is 260 g/mol. The molecule has 19 heavy (non-hydrogen) atoms. The number of nitrogens with one attached hydrogen (secondary N) is 1. The molecule has 2 aliphatic rings. The van der Waals surface area contributed by atoms with Gasteiger partial charge in [0, 0.05) is 0 Å². The first kappa shape index (κ1) is 14.1. The van der Waals surface area contributed by atoms with Gasteiger partial charge in [0.25, 0.3) is 0 Å². The van der Waals surface area contributed by atoms with Crippen LogP contribution in [0.1, 0.15) is 39.5 Å². The number of ether oxygens (including phenoxy) is 1. The minimum Gasteiger partial charge on any atom is -0.488 e. The molecule has 1 saturated carbocycles. The molecule has 0 spiro atoms. The summed E-state index contributed by atoms with van der Waals surface area (Å²) in [6, 6.07) is 0. The lowest BCUT2D eigenvalue weighted by Crippen LogP contribution is -2.21. The van der Waals surface area contributed by atoms with E-state index < -0.39 is 0 Å². The molecule has 0 aromatic rings. The van der Waals surface area contributed by atoms with E-state index in [0.717, 1.165) is 37.0 Å². The second-order valence-electron chi connectivity index (χ2n) is 5.49. The van der Waals surface area contributed by atoms with Crippen LogP contribution in [0.4, 0.5) is 0 Å². The zero-order valence-corrected chi connectivity index (χ0v) is 11.9. The van der Waals surface area contributed by atoms with Gasteiger partial charge in [-0.3, -0.25) is 0 Å². The van der Waals surface area contributed by atoms with E-state index in [0.29, 0.717) is 12.3 Å². The lowest BCUT2D eigenvalue weighted by molar-refractivity contribution is 0.0962. The Bertz CT molecular complexity index is 442. The van der Waals surface area contributed by atoms with E-state index in [9.17, 15) is 0 Å². The van der Waals surface area contributed by atoms with Gasteiger partial charge in [-0.25, -0.2) is 0 Å². The predicted molar refractivity (Wildman–Crippen MR) is 79.2 cm³/mol. The number of hydrogen-bond acceptors (Lipinski definition) is 3. The van der Waals surface area contributed by atoms with Crippen LogP contribution in [0.5, 0.6) is 0 Å². The molecule has 0 aromatic heterocycles. The van der Waals surface area contributed by atoms with Crippen LogP contribution in [-0.4, -0.2) is 17.9 Å². The molecule has 0 saturated heterocycles. The van der Waals surface area contributed by atoms with Crippen molar-refractivity contribution in [1.29, 1.82) is 5.41 Å². The molecular formula is C16H24N2O. The van der Waals surface area contributed by atoms with Gasteiger partial charge in [-0.15, -0.1) is 0 Å². The van der Waals surface area contributed by atoms with Crippen molar-refractivity contribution >= 4 is 5.71 Å². The molecule has 2 rings (SSSR count). The van der Waals surface area contributed by atoms with E-state index in [-0.39, 0.29) is 11.5 Å². The molecule has 3 nitrogen and oxygen atoms in total. The van der Waals surface area contributed by atoms with Gasteiger partial charge in [0.15, 0.2) is 0 Å². The van der Waals surface area contributed by atoms with Crippen molar-refractivity contribution in [3.05, 3.63) is 35.6 Å². The molecule has 3 N–H and O–H groups in total. The van der Waals surface area contributed by atoms with Crippen molar-refractivity contribution < 1.29 is 4.74 Å². The Labute approximate surface area is 115 Å². The van der Waals surface area contributed by atoms with E-state index in [2.05, 4.69) is 13.0 Å². The Morgan fingerprint density at radius 2 is 2.32 bits per heavy atom. The summed E-state index contributed by atoms with van der Waals surface area (Å²) in [5.41, 5.74) is 7.45. The Kier molecular flexibility index (Phi) is 4.25. The van der Waals surface area contributed by atoms with Gasteiger partial charge in [-0.05, 0) is 68.9 Å². The molecule has 0 heterocycles. The topological polar surface area (TPSA) is 59.1 Å². The number of rotatable bonds is 6. The van der Waals surface area contributed by atoms with Gasteiger partial charge in [0.2, 0.25) is 0 Å². The molecule has 3 heteroatoms. The fourth-order valence-corrected chi connectivity index (χ4v) is 2.45. The summed E-state index contributed by atoms with van der Waals surface area (Å²) in [6.45, 7) is 4.71. The van der Waals surface area contributed by atoms with Crippen LogP contribution in [-0.2, 0) is 4.74 Å². The van der Waals surface area contributed by atoms with E-state index in [1.165, 1.54) is 0 Å². The Balaban J connectivity index is 2.15. The van der Waals surface area contributed by atoms with Crippen molar-refractivity contribution in [2.75, 3.05) is 6.54 Å². The van der Waals surface area contributed by atoms with Crippen LogP contribution >= 0.6 is 0 Å². The van der Waals surface area contributed by atoms with Crippen LogP contribution in [0, 0.1) is 11.3 Å². The summed E-state index contributed by atoms with van der Waals surface area (Å²) < 4.78 is 6.14. The first-order valence-electron chi connectivity index (χ1n) is 7.15. The Morgan fingerprint density at radius 3 is 2.84 bits per heavy atom. The lowest BCUT2D eigenvalue weighted by atomic mass is 9.90. The first-order chi connectivity index (χ1) is 9.12. The minimum absolute atomic E-state index is 0.0622.